The first kappa shape index (κ1) is 13.3. The van der Waals surface area contributed by atoms with Crippen LogP contribution in [0.25, 0.3) is 0 Å². The smallest absolute Gasteiger partial charge is 0.334 e. The molecule has 0 aromatic carbocycles. The van der Waals surface area contributed by atoms with Gasteiger partial charge in [0.1, 0.15) is 11.7 Å². The Kier molecular flexibility index (Phi) is 2.93. The van der Waals surface area contributed by atoms with Crippen molar-refractivity contribution in [2.24, 2.45) is 17.3 Å². The van der Waals surface area contributed by atoms with E-state index in [1.807, 2.05) is 0 Å². The van der Waals surface area contributed by atoms with Crippen molar-refractivity contribution in [1.29, 1.82) is 0 Å². The van der Waals surface area contributed by atoms with E-state index < -0.39 is 11.7 Å². The van der Waals surface area contributed by atoms with Crippen LogP contribution in [-0.2, 0) is 9.53 Å². The summed E-state index contributed by atoms with van der Waals surface area (Å²) in [5.41, 5.74) is -0.449. The van der Waals surface area contributed by atoms with E-state index in [4.69, 9.17) is 4.74 Å². The number of cyclic esters (lactones) is 1. The number of fused-ring (bicyclic) bond motifs is 1. The predicted molar refractivity (Wildman–Crippen MR) is 69.8 cm³/mol. The molecule has 0 amide bonds. The molecule has 1 unspecified atom stereocenters. The number of hydrogen-bond acceptors (Lipinski definition) is 3. The Balaban J connectivity index is 2.29. The first-order valence-electron chi connectivity index (χ1n) is 6.45. The number of ether oxygens (including phenoxy) is 1. The molecule has 1 saturated carbocycles. The van der Waals surface area contributed by atoms with Gasteiger partial charge in [-0.25, -0.2) is 4.79 Å². The van der Waals surface area contributed by atoms with Crippen molar-refractivity contribution in [1.82, 2.24) is 0 Å². The van der Waals surface area contributed by atoms with Crippen LogP contribution in [0.5, 0.6) is 0 Å². The van der Waals surface area contributed by atoms with Crippen LogP contribution in [-0.4, -0.2) is 22.8 Å². The van der Waals surface area contributed by atoms with Gasteiger partial charge in [0, 0.05) is 5.57 Å². The van der Waals surface area contributed by atoms with E-state index >= 15 is 0 Å². The second-order valence-electron chi connectivity index (χ2n) is 6.49. The molecule has 1 saturated heterocycles. The lowest BCUT2D eigenvalue weighted by atomic mass is 9.52. The summed E-state index contributed by atoms with van der Waals surface area (Å²) >= 11 is 0. The van der Waals surface area contributed by atoms with Crippen LogP contribution in [0.4, 0.5) is 0 Å². The zero-order valence-corrected chi connectivity index (χ0v) is 11.4. The van der Waals surface area contributed by atoms with E-state index in [1.54, 1.807) is 6.92 Å². The molecule has 3 nitrogen and oxygen atoms in total. The van der Waals surface area contributed by atoms with Crippen LogP contribution in [0.15, 0.2) is 24.8 Å². The van der Waals surface area contributed by atoms with Crippen molar-refractivity contribution >= 4 is 5.97 Å². The highest BCUT2D eigenvalue weighted by Gasteiger charge is 2.54. The Hall–Kier alpha value is -1.09. The monoisotopic (exact) mass is 250 g/mol. The summed E-state index contributed by atoms with van der Waals surface area (Å²) < 4.78 is 5.39. The molecule has 0 aromatic heterocycles. The summed E-state index contributed by atoms with van der Waals surface area (Å²) in [7, 11) is 0. The van der Waals surface area contributed by atoms with Gasteiger partial charge in [0.2, 0.25) is 0 Å². The number of aliphatic hydroxyl groups is 1. The first-order valence-corrected chi connectivity index (χ1v) is 6.45. The normalized spacial score (nSPS) is 37.7. The van der Waals surface area contributed by atoms with Crippen LogP contribution in [0.1, 0.15) is 33.6 Å². The maximum Gasteiger partial charge on any atom is 0.334 e. The third-order valence-corrected chi connectivity index (χ3v) is 4.73. The average molecular weight is 250 g/mol. The predicted octanol–water partition coefficient (Wildman–Crippen LogP) is 2.46. The quantitative estimate of drug-likeness (QED) is 0.465. The van der Waals surface area contributed by atoms with Crippen molar-refractivity contribution < 1.29 is 14.6 Å². The van der Waals surface area contributed by atoms with Crippen molar-refractivity contribution in [3.8, 4) is 0 Å². The SMILES string of the molecule is C=CC(C)(O)[C@@H]1C[C@H]2[C@H](CC2(C)C)C(=C)C(=O)O1. The van der Waals surface area contributed by atoms with Gasteiger partial charge < -0.3 is 9.84 Å². The molecule has 0 aromatic rings. The minimum Gasteiger partial charge on any atom is -0.456 e. The van der Waals surface area contributed by atoms with Crippen LogP contribution in [0.2, 0.25) is 0 Å². The van der Waals surface area contributed by atoms with Crippen LogP contribution in [0.3, 0.4) is 0 Å². The van der Waals surface area contributed by atoms with Crippen molar-refractivity contribution in [3.63, 3.8) is 0 Å². The fraction of sp³-hybridized carbons (Fsp3) is 0.667. The van der Waals surface area contributed by atoms with Crippen LogP contribution >= 0.6 is 0 Å². The molecule has 4 atom stereocenters. The second-order valence-corrected chi connectivity index (χ2v) is 6.49. The van der Waals surface area contributed by atoms with E-state index in [2.05, 4.69) is 27.0 Å². The van der Waals surface area contributed by atoms with Gasteiger partial charge in [0.05, 0.1) is 0 Å². The molecule has 2 fully saturated rings. The van der Waals surface area contributed by atoms with E-state index in [-0.39, 0.29) is 17.3 Å². The van der Waals surface area contributed by atoms with Crippen molar-refractivity contribution in [3.05, 3.63) is 24.8 Å². The summed E-state index contributed by atoms with van der Waals surface area (Å²) in [5.74, 6) is 0.177. The summed E-state index contributed by atoms with van der Waals surface area (Å²) in [5, 5.41) is 10.3. The number of rotatable bonds is 2. The summed E-state index contributed by atoms with van der Waals surface area (Å²) in [6.45, 7) is 13.5. The molecule has 2 rings (SSSR count). The van der Waals surface area contributed by atoms with Gasteiger partial charge in [-0.15, -0.1) is 6.58 Å². The van der Waals surface area contributed by atoms with Gasteiger partial charge in [-0.05, 0) is 37.0 Å². The van der Waals surface area contributed by atoms with E-state index in [0.29, 0.717) is 17.9 Å². The maximum absolute atomic E-state index is 11.9. The molecule has 1 aliphatic carbocycles. The Labute approximate surface area is 109 Å². The molecule has 3 heteroatoms. The molecule has 0 bridgehead atoms. The van der Waals surface area contributed by atoms with Crippen molar-refractivity contribution in [2.45, 2.75) is 45.3 Å². The lowest BCUT2D eigenvalue weighted by Crippen LogP contribution is -2.47. The fourth-order valence-corrected chi connectivity index (χ4v) is 3.22. The summed E-state index contributed by atoms with van der Waals surface area (Å²) in [6, 6.07) is 0. The summed E-state index contributed by atoms with van der Waals surface area (Å²) in [6.07, 6.45) is 2.55. The number of hydrogen-bond donors (Lipinski definition) is 1. The van der Waals surface area contributed by atoms with Gasteiger partial charge in [-0.2, -0.15) is 0 Å². The number of esters is 1. The Morgan fingerprint density at radius 2 is 2.17 bits per heavy atom. The molecular weight excluding hydrogens is 228 g/mol. The summed E-state index contributed by atoms with van der Waals surface area (Å²) in [4.78, 5) is 11.9. The molecule has 0 radical (unpaired) electrons. The molecule has 100 valence electrons. The zero-order valence-electron chi connectivity index (χ0n) is 11.4. The molecule has 1 heterocycles. The molecule has 0 spiro atoms. The fourth-order valence-electron chi connectivity index (χ4n) is 3.22. The molecule has 1 aliphatic heterocycles. The highest BCUT2D eigenvalue weighted by molar-refractivity contribution is 5.89. The lowest BCUT2D eigenvalue weighted by Gasteiger charge is -2.51. The van der Waals surface area contributed by atoms with Gasteiger partial charge in [0.25, 0.3) is 0 Å². The second kappa shape index (κ2) is 3.95. The van der Waals surface area contributed by atoms with Gasteiger partial charge in [-0.3, -0.25) is 0 Å². The molecule has 1 N–H and O–H groups in total. The van der Waals surface area contributed by atoms with E-state index in [0.717, 1.165) is 6.42 Å². The van der Waals surface area contributed by atoms with E-state index in [9.17, 15) is 9.90 Å². The highest BCUT2D eigenvalue weighted by atomic mass is 16.6. The van der Waals surface area contributed by atoms with Crippen LogP contribution in [0, 0.1) is 17.3 Å². The largest absolute Gasteiger partial charge is 0.456 e. The molecular formula is C15H22O3. The minimum atomic E-state index is -1.18. The Morgan fingerprint density at radius 1 is 1.56 bits per heavy atom. The minimum absolute atomic E-state index is 0.178. The lowest BCUT2D eigenvalue weighted by molar-refractivity contribution is -0.154. The molecule has 2 aliphatic rings. The topological polar surface area (TPSA) is 46.5 Å². The van der Waals surface area contributed by atoms with Gasteiger partial charge in [0.15, 0.2) is 0 Å². The Morgan fingerprint density at radius 3 is 2.67 bits per heavy atom. The van der Waals surface area contributed by atoms with Gasteiger partial charge in [-0.1, -0.05) is 26.5 Å². The molecule has 18 heavy (non-hydrogen) atoms. The number of carbonyl (C=O) groups is 1. The highest BCUT2D eigenvalue weighted by Crippen LogP contribution is 2.57. The first-order chi connectivity index (χ1) is 8.19. The zero-order chi connectivity index (χ0) is 13.7. The third kappa shape index (κ3) is 1.91. The Bertz CT molecular complexity index is 406. The maximum atomic E-state index is 11.9. The van der Waals surface area contributed by atoms with Crippen LogP contribution < -0.4 is 0 Å². The third-order valence-electron chi connectivity index (χ3n) is 4.73. The average Bonchev–Trinajstić information content (AvgIpc) is 2.39. The van der Waals surface area contributed by atoms with E-state index in [1.165, 1.54) is 6.08 Å². The number of carbonyl (C=O) groups excluding carboxylic acids is 1. The van der Waals surface area contributed by atoms with Gasteiger partial charge >= 0.3 is 5.97 Å². The standard InChI is InChI=1S/C15H22O3/c1-6-15(5,17)12-7-11-10(8-14(11,3)4)9(2)13(16)18-12/h6,10-12,17H,1-2,7-8H2,3-5H3/t10-,11+,12+,15?/m1/s1. The van der Waals surface area contributed by atoms with Crippen molar-refractivity contribution in [2.75, 3.05) is 0 Å².